The zero-order valence-electron chi connectivity index (χ0n) is 11.3. The number of aryl methyl sites for hydroxylation is 2. The van der Waals surface area contributed by atoms with Crippen molar-refractivity contribution in [1.82, 2.24) is 5.32 Å². The third-order valence-electron chi connectivity index (χ3n) is 5.37. The monoisotopic (exact) mass is 261 g/mol. The highest BCUT2D eigenvalue weighted by atomic mass is 32.1. The Morgan fingerprint density at radius 3 is 3.06 bits per heavy atom. The molecular weight excluding hydrogens is 238 g/mol. The molecule has 0 aromatic carbocycles. The molecule has 1 aliphatic heterocycles. The van der Waals surface area contributed by atoms with Crippen LogP contribution in [-0.4, -0.2) is 12.6 Å². The predicted molar refractivity (Wildman–Crippen MR) is 77.4 cm³/mol. The molecule has 2 heteroatoms. The maximum Gasteiger partial charge on any atom is 0.0104 e. The Morgan fingerprint density at radius 2 is 2.22 bits per heavy atom. The van der Waals surface area contributed by atoms with E-state index in [2.05, 4.69) is 29.6 Å². The van der Waals surface area contributed by atoms with Crippen LogP contribution in [0.15, 0.2) is 6.07 Å². The van der Waals surface area contributed by atoms with Crippen LogP contribution in [0.4, 0.5) is 0 Å². The fraction of sp³-hybridized carbons (Fsp3) is 0.750. The van der Waals surface area contributed by atoms with Crippen LogP contribution < -0.4 is 5.32 Å². The summed E-state index contributed by atoms with van der Waals surface area (Å²) >= 11 is 2.06. The van der Waals surface area contributed by atoms with E-state index in [0.717, 1.165) is 12.0 Å². The van der Waals surface area contributed by atoms with E-state index in [4.69, 9.17) is 0 Å². The number of thiophene rings is 1. The Kier molecular flexibility index (Phi) is 2.60. The molecule has 1 N–H and O–H groups in total. The van der Waals surface area contributed by atoms with E-state index in [1.807, 2.05) is 0 Å². The Labute approximate surface area is 114 Å². The van der Waals surface area contributed by atoms with E-state index in [1.54, 1.807) is 10.4 Å². The molecule has 2 unspecified atom stereocenters. The Hall–Kier alpha value is -0.340. The van der Waals surface area contributed by atoms with Crippen molar-refractivity contribution in [2.24, 2.45) is 5.92 Å². The van der Waals surface area contributed by atoms with Gasteiger partial charge in [-0.3, -0.25) is 0 Å². The summed E-state index contributed by atoms with van der Waals surface area (Å²) in [6.45, 7) is 3.53. The molecule has 18 heavy (non-hydrogen) atoms. The second kappa shape index (κ2) is 4.08. The molecule has 1 saturated heterocycles. The van der Waals surface area contributed by atoms with Crippen LogP contribution in [0.2, 0.25) is 0 Å². The van der Waals surface area contributed by atoms with E-state index in [9.17, 15) is 0 Å². The van der Waals surface area contributed by atoms with Gasteiger partial charge >= 0.3 is 0 Å². The number of rotatable bonds is 1. The molecule has 2 heterocycles. The van der Waals surface area contributed by atoms with Crippen molar-refractivity contribution < 1.29 is 0 Å². The first kappa shape index (κ1) is 11.5. The Balaban J connectivity index is 1.69. The molecule has 1 nitrogen and oxygen atoms in total. The van der Waals surface area contributed by atoms with Crippen molar-refractivity contribution in [2.75, 3.05) is 6.54 Å². The highest BCUT2D eigenvalue weighted by Gasteiger charge is 2.45. The lowest BCUT2D eigenvalue weighted by Crippen LogP contribution is -2.48. The molecule has 1 saturated carbocycles. The fourth-order valence-electron chi connectivity index (χ4n) is 4.31. The van der Waals surface area contributed by atoms with Gasteiger partial charge in [-0.1, -0.05) is 0 Å². The van der Waals surface area contributed by atoms with Crippen molar-refractivity contribution >= 4 is 11.3 Å². The molecule has 4 rings (SSSR count). The van der Waals surface area contributed by atoms with E-state index in [1.165, 1.54) is 56.4 Å². The lowest BCUT2D eigenvalue weighted by molar-refractivity contribution is 0.210. The summed E-state index contributed by atoms with van der Waals surface area (Å²) in [6.07, 6.45) is 9.95. The highest BCUT2D eigenvalue weighted by molar-refractivity contribution is 7.12. The normalized spacial score (nSPS) is 35.7. The van der Waals surface area contributed by atoms with Crippen molar-refractivity contribution in [1.29, 1.82) is 0 Å². The summed E-state index contributed by atoms with van der Waals surface area (Å²) in [6, 6.07) is 3.35. The first-order chi connectivity index (χ1) is 8.77. The predicted octanol–water partition coefficient (Wildman–Crippen LogP) is 3.79. The van der Waals surface area contributed by atoms with Crippen LogP contribution in [0.3, 0.4) is 0 Å². The molecular formula is C16H23NS. The average molecular weight is 261 g/mol. The molecule has 1 aromatic heterocycles. The van der Waals surface area contributed by atoms with Crippen LogP contribution in [0, 0.1) is 12.8 Å². The van der Waals surface area contributed by atoms with Crippen LogP contribution in [0.5, 0.6) is 0 Å². The SMILES string of the molecule is Cc1cc2c(s1)CCCC21CCNC(C2CC2)C1. The maximum atomic E-state index is 3.79. The van der Waals surface area contributed by atoms with Gasteiger partial charge < -0.3 is 5.32 Å². The van der Waals surface area contributed by atoms with E-state index >= 15 is 0 Å². The molecule has 0 amide bonds. The van der Waals surface area contributed by atoms with Crippen molar-refractivity contribution in [3.05, 3.63) is 21.4 Å². The number of fused-ring (bicyclic) bond motifs is 2. The van der Waals surface area contributed by atoms with Crippen molar-refractivity contribution in [2.45, 2.75) is 63.3 Å². The van der Waals surface area contributed by atoms with Crippen molar-refractivity contribution in [3.8, 4) is 0 Å². The molecule has 2 aliphatic carbocycles. The Bertz CT molecular complexity index is 460. The third-order valence-corrected chi connectivity index (χ3v) is 6.48. The molecule has 0 bridgehead atoms. The minimum absolute atomic E-state index is 0.552. The van der Waals surface area contributed by atoms with Gasteiger partial charge in [0.05, 0.1) is 0 Å². The molecule has 3 aliphatic rings. The largest absolute Gasteiger partial charge is 0.314 e. The lowest BCUT2D eigenvalue weighted by atomic mass is 9.65. The van der Waals surface area contributed by atoms with Crippen LogP contribution in [-0.2, 0) is 11.8 Å². The number of piperidine rings is 1. The Morgan fingerprint density at radius 1 is 1.33 bits per heavy atom. The minimum atomic E-state index is 0.552. The summed E-state index contributed by atoms with van der Waals surface area (Å²) in [7, 11) is 0. The second-order valence-electron chi connectivity index (χ2n) is 6.68. The first-order valence-corrected chi connectivity index (χ1v) is 8.42. The zero-order valence-corrected chi connectivity index (χ0v) is 12.1. The van der Waals surface area contributed by atoms with Crippen LogP contribution in [0.1, 0.15) is 53.8 Å². The number of nitrogens with one attached hydrogen (secondary N) is 1. The summed E-state index contributed by atoms with van der Waals surface area (Å²) in [5.74, 6) is 1.01. The topological polar surface area (TPSA) is 12.0 Å². The summed E-state index contributed by atoms with van der Waals surface area (Å²) in [4.78, 5) is 3.25. The summed E-state index contributed by atoms with van der Waals surface area (Å²) in [5.41, 5.74) is 2.31. The van der Waals surface area contributed by atoms with Gasteiger partial charge in [-0.25, -0.2) is 0 Å². The van der Waals surface area contributed by atoms with Crippen LogP contribution in [0.25, 0.3) is 0 Å². The van der Waals surface area contributed by atoms with E-state index in [0.29, 0.717) is 5.41 Å². The molecule has 2 fully saturated rings. The zero-order chi connectivity index (χ0) is 12.2. The quantitative estimate of drug-likeness (QED) is 0.811. The first-order valence-electron chi connectivity index (χ1n) is 7.60. The lowest BCUT2D eigenvalue weighted by Gasteiger charge is -2.44. The van der Waals surface area contributed by atoms with Crippen LogP contribution >= 0.6 is 11.3 Å². The van der Waals surface area contributed by atoms with Gasteiger partial charge in [-0.15, -0.1) is 11.3 Å². The second-order valence-corrected chi connectivity index (χ2v) is 8.02. The third kappa shape index (κ3) is 1.77. The van der Waals surface area contributed by atoms with E-state index in [-0.39, 0.29) is 0 Å². The molecule has 1 aromatic rings. The molecule has 0 radical (unpaired) electrons. The number of hydrogen-bond donors (Lipinski definition) is 1. The molecule has 2 atom stereocenters. The van der Waals surface area contributed by atoms with Gasteiger partial charge in [-0.2, -0.15) is 0 Å². The maximum absolute atomic E-state index is 3.79. The standard InChI is InChI=1S/C16H23NS/c1-11-9-13-15(18-11)3-2-6-16(13)7-8-17-14(10-16)12-4-5-12/h9,12,14,17H,2-8,10H2,1H3. The number of hydrogen-bond acceptors (Lipinski definition) is 2. The fourth-order valence-corrected chi connectivity index (χ4v) is 5.51. The van der Waals surface area contributed by atoms with Gasteiger partial charge in [0.1, 0.15) is 0 Å². The summed E-state index contributed by atoms with van der Waals surface area (Å²) in [5, 5.41) is 3.79. The minimum Gasteiger partial charge on any atom is -0.314 e. The molecule has 98 valence electrons. The smallest absolute Gasteiger partial charge is 0.0104 e. The van der Waals surface area contributed by atoms with Gasteiger partial charge in [0.25, 0.3) is 0 Å². The van der Waals surface area contributed by atoms with E-state index < -0.39 is 0 Å². The summed E-state index contributed by atoms with van der Waals surface area (Å²) < 4.78 is 0. The van der Waals surface area contributed by atoms with Gasteiger partial charge in [0.15, 0.2) is 0 Å². The van der Waals surface area contributed by atoms with Gasteiger partial charge in [0.2, 0.25) is 0 Å². The highest BCUT2D eigenvalue weighted by Crippen LogP contribution is 2.50. The van der Waals surface area contributed by atoms with Gasteiger partial charge in [0, 0.05) is 15.8 Å². The molecule has 1 spiro atoms. The van der Waals surface area contributed by atoms with Crippen molar-refractivity contribution in [3.63, 3.8) is 0 Å². The average Bonchev–Trinajstić information content (AvgIpc) is 3.13. The van der Waals surface area contributed by atoms with Gasteiger partial charge in [-0.05, 0) is 81.4 Å².